The van der Waals surface area contributed by atoms with E-state index in [4.69, 9.17) is 9.47 Å². The molecule has 2 heterocycles. The van der Waals surface area contributed by atoms with Crippen LogP contribution in [0.15, 0.2) is 0 Å². The molecule has 120 valence electrons. The summed E-state index contributed by atoms with van der Waals surface area (Å²) in [5.41, 5.74) is 0. The molecule has 4 atom stereocenters. The predicted molar refractivity (Wildman–Crippen MR) is 77.7 cm³/mol. The lowest BCUT2D eigenvalue weighted by atomic mass is 9.99. The molecule has 0 bridgehead atoms. The molecule has 6 heteroatoms. The number of amides is 1. The van der Waals surface area contributed by atoms with E-state index in [1.54, 1.807) is 0 Å². The van der Waals surface area contributed by atoms with E-state index < -0.39 is 0 Å². The number of morpholine rings is 1. The van der Waals surface area contributed by atoms with E-state index in [2.05, 4.69) is 4.90 Å². The number of hydrogen-bond donors (Lipinski definition) is 0. The normalized spacial score (nSPS) is 34.0. The summed E-state index contributed by atoms with van der Waals surface area (Å²) in [4.78, 5) is 28.0. The predicted octanol–water partition coefficient (Wildman–Crippen LogP) is 0.363. The summed E-state index contributed by atoms with van der Waals surface area (Å²) < 4.78 is 10.5. The first-order chi connectivity index (χ1) is 9.90. The Morgan fingerprint density at radius 1 is 1.10 bits per heavy atom. The zero-order valence-electron chi connectivity index (χ0n) is 13.4. The van der Waals surface area contributed by atoms with Crippen molar-refractivity contribution in [3.05, 3.63) is 0 Å². The van der Waals surface area contributed by atoms with Gasteiger partial charge in [-0.15, -0.1) is 0 Å². The molecule has 0 saturated carbocycles. The summed E-state index contributed by atoms with van der Waals surface area (Å²) in [5.74, 6) is 0.0545. The van der Waals surface area contributed by atoms with Gasteiger partial charge in [-0.2, -0.15) is 0 Å². The molecule has 2 saturated heterocycles. The maximum Gasteiger partial charge on any atom is 0.310 e. The molecule has 4 unspecified atom stereocenters. The minimum absolute atomic E-state index is 0.0815. The van der Waals surface area contributed by atoms with Crippen LogP contribution in [0.3, 0.4) is 0 Å². The van der Waals surface area contributed by atoms with Gasteiger partial charge in [0.15, 0.2) is 0 Å². The van der Waals surface area contributed by atoms with E-state index in [0.29, 0.717) is 26.2 Å². The summed E-state index contributed by atoms with van der Waals surface area (Å²) in [7, 11) is 1.42. The Labute approximate surface area is 126 Å². The highest BCUT2D eigenvalue weighted by Gasteiger charge is 2.37. The number of hydrogen-bond acceptors (Lipinski definition) is 5. The van der Waals surface area contributed by atoms with Crippen LogP contribution < -0.4 is 0 Å². The van der Waals surface area contributed by atoms with Gasteiger partial charge < -0.3 is 14.4 Å². The van der Waals surface area contributed by atoms with Crippen LogP contribution >= 0.6 is 0 Å². The van der Waals surface area contributed by atoms with Gasteiger partial charge in [0.1, 0.15) is 0 Å². The summed E-state index contributed by atoms with van der Waals surface area (Å²) in [6.45, 7) is 9.04. The summed E-state index contributed by atoms with van der Waals surface area (Å²) in [6, 6.07) is 0. The van der Waals surface area contributed by atoms with Crippen LogP contribution in [0.5, 0.6) is 0 Å². The van der Waals surface area contributed by atoms with Gasteiger partial charge in [-0.25, -0.2) is 0 Å². The second kappa shape index (κ2) is 6.75. The van der Waals surface area contributed by atoms with E-state index in [0.717, 1.165) is 6.54 Å². The lowest BCUT2D eigenvalue weighted by molar-refractivity contribution is -0.147. The Morgan fingerprint density at radius 3 is 2.29 bits per heavy atom. The highest BCUT2D eigenvalue weighted by molar-refractivity contribution is 5.79. The van der Waals surface area contributed by atoms with Crippen molar-refractivity contribution in [2.45, 2.75) is 33.0 Å². The fourth-order valence-electron chi connectivity index (χ4n) is 3.33. The Hall–Kier alpha value is -1.14. The first-order valence-corrected chi connectivity index (χ1v) is 7.64. The van der Waals surface area contributed by atoms with E-state index in [1.807, 2.05) is 25.7 Å². The fourth-order valence-corrected chi connectivity index (χ4v) is 3.33. The topological polar surface area (TPSA) is 59.1 Å². The minimum atomic E-state index is -0.175. The molecule has 2 fully saturated rings. The number of ether oxygens (including phenoxy) is 2. The van der Waals surface area contributed by atoms with Crippen LogP contribution in [0, 0.1) is 11.8 Å². The number of carbonyl (C=O) groups excluding carboxylic acids is 2. The smallest absolute Gasteiger partial charge is 0.310 e. The molecule has 0 aromatic heterocycles. The second-order valence-corrected chi connectivity index (χ2v) is 6.36. The number of esters is 1. The standard InChI is InChI=1S/C15H26N2O4/c1-10-5-16(8-13(10)15(19)20-4)9-14(18)17-6-11(2)21-12(3)7-17/h10-13H,5-9H2,1-4H3. The Morgan fingerprint density at radius 2 is 1.71 bits per heavy atom. The van der Waals surface area contributed by atoms with Crippen LogP contribution in [-0.2, 0) is 19.1 Å². The van der Waals surface area contributed by atoms with Crippen LogP contribution in [0.1, 0.15) is 20.8 Å². The Bertz CT molecular complexity index is 391. The average Bonchev–Trinajstić information content (AvgIpc) is 2.77. The molecule has 21 heavy (non-hydrogen) atoms. The number of likely N-dealkylation sites (tertiary alicyclic amines) is 1. The van der Waals surface area contributed by atoms with Crippen molar-refractivity contribution < 1.29 is 19.1 Å². The summed E-state index contributed by atoms with van der Waals surface area (Å²) in [6.07, 6.45) is 0.163. The third kappa shape index (κ3) is 3.95. The van der Waals surface area contributed by atoms with Crippen LogP contribution in [0.25, 0.3) is 0 Å². The van der Waals surface area contributed by atoms with Gasteiger partial charge in [0, 0.05) is 26.2 Å². The van der Waals surface area contributed by atoms with E-state index in [-0.39, 0.29) is 35.9 Å². The molecule has 0 radical (unpaired) electrons. The maximum absolute atomic E-state index is 12.4. The van der Waals surface area contributed by atoms with E-state index >= 15 is 0 Å². The lowest BCUT2D eigenvalue weighted by Crippen LogP contribution is -2.50. The molecule has 2 aliphatic rings. The number of methoxy groups -OCH3 is 1. The van der Waals surface area contributed by atoms with Crippen molar-refractivity contribution in [3.8, 4) is 0 Å². The van der Waals surface area contributed by atoms with Gasteiger partial charge >= 0.3 is 5.97 Å². The van der Waals surface area contributed by atoms with Gasteiger partial charge in [0.05, 0.1) is 31.8 Å². The van der Waals surface area contributed by atoms with Crippen LogP contribution in [0.2, 0.25) is 0 Å². The van der Waals surface area contributed by atoms with Crippen molar-refractivity contribution >= 4 is 11.9 Å². The van der Waals surface area contributed by atoms with Crippen molar-refractivity contribution in [2.24, 2.45) is 11.8 Å². The molecular weight excluding hydrogens is 272 g/mol. The highest BCUT2D eigenvalue weighted by atomic mass is 16.5. The molecule has 2 rings (SSSR count). The molecular formula is C15H26N2O4. The lowest BCUT2D eigenvalue weighted by Gasteiger charge is -2.36. The molecule has 0 spiro atoms. The molecule has 0 N–H and O–H groups in total. The van der Waals surface area contributed by atoms with Gasteiger partial charge in [0.25, 0.3) is 0 Å². The number of nitrogens with zero attached hydrogens (tertiary/aromatic N) is 2. The molecule has 1 amide bonds. The van der Waals surface area contributed by atoms with Crippen LogP contribution in [-0.4, -0.2) is 73.7 Å². The van der Waals surface area contributed by atoms with Crippen molar-refractivity contribution in [1.29, 1.82) is 0 Å². The quantitative estimate of drug-likeness (QED) is 0.704. The van der Waals surface area contributed by atoms with Crippen molar-refractivity contribution in [3.63, 3.8) is 0 Å². The van der Waals surface area contributed by atoms with Gasteiger partial charge in [-0.3, -0.25) is 14.5 Å². The number of carbonyl (C=O) groups is 2. The zero-order valence-corrected chi connectivity index (χ0v) is 13.4. The second-order valence-electron chi connectivity index (χ2n) is 6.36. The van der Waals surface area contributed by atoms with Crippen molar-refractivity contribution in [2.75, 3.05) is 39.8 Å². The molecule has 0 aromatic carbocycles. The van der Waals surface area contributed by atoms with Gasteiger partial charge in [-0.1, -0.05) is 6.92 Å². The molecule has 0 aliphatic carbocycles. The summed E-state index contributed by atoms with van der Waals surface area (Å²) >= 11 is 0. The van der Waals surface area contributed by atoms with Crippen molar-refractivity contribution in [1.82, 2.24) is 9.80 Å². The average molecular weight is 298 g/mol. The van der Waals surface area contributed by atoms with Gasteiger partial charge in [0.2, 0.25) is 5.91 Å². The highest BCUT2D eigenvalue weighted by Crippen LogP contribution is 2.24. The monoisotopic (exact) mass is 298 g/mol. The zero-order chi connectivity index (χ0) is 15.6. The first kappa shape index (κ1) is 16.2. The molecule has 6 nitrogen and oxygen atoms in total. The Balaban J connectivity index is 1.87. The van der Waals surface area contributed by atoms with E-state index in [1.165, 1.54) is 7.11 Å². The minimum Gasteiger partial charge on any atom is -0.469 e. The first-order valence-electron chi connectivity index (χ1n) is 7.64. The van der Waals surface area contributed by atoms with Crippen LogP contribution in [0.4, 0.5) is 0 Å². The van der Waals surface area contributed by atoms with E-state index in [9.17, 15) is 9.59 Å². The number of rotatable bonds is 3. The SMILES string of the molecule is COC(=O)C1CN(CC(=O)N2CC(C)OC(C)C2)CC1C. The maximum atomic E-state index is 12.4. The third-order valence-electron chi connectivity index (χ3n) is 4.32. The van der Waals surface area contributed by atoms with Gasteiger partial charge in [-0.05, 0) is 19.8 Å². The third-order valence-corrected chi connectivity index (χ3v) is 4.32. The summed E-state index contributed by atoms with van der Waals surface area (Å²) in [5, 5.41) is 0. The fraction of sp³-hybridized carbons (Fsp3) is 0.867. The molecule has 2 aliphatic heterocycles. The molecule has 0 aromatic rings. The Kier molecular flexibility index (Phi) is 5.22. The largest absolute Gasteiger partial charge is 0.469 e.